The topological polar surface area (TPSA) is 93.5 Å². The molecule has 0 N–H and O–H groups in total. The van der Waals surface area contributed by atoms with E-state index in [1.54, 1.807) is 6.92 Å². The summed E-state index contributed by atoms with van der Waals surface area (Å²) in [7, 11) is 0. The van der Waals surface area contributed by atoms with Gasteiger partial charge in [-0.25, -0.2) is 4.98 Å². The highest BCUT2D eigenvalue weighted by molar-refractivity contribution is 7.99. The number of pyridine rings is 1. The molecule has 0 saturated heterocycles. The maximum Gasteiger partial charge on any atom is 0.233 e. The first-order valence-electron chi connectivity index (χ1n) is 6.82. The molecule has 1 aromatic carbocycles. The summed E-state index contributed by atoms with van der Waals surface area (Å²) >= 11 is 1.16. The van der Waals surface area contributed by atoms with Crippen LogP contribution in [0.3, 0.4) is 0 Å². The van der Waals surface area contributed by atoms with Gasteiger partial charge < -0.3 is 4.74 Å². The fraction of sp³-hybridized carbons (Fsp3) is 0.176. The van der Waals surface area contributed by atoms with E-state index in [1.807, 2.05) is 36.4 Å². The first-order chi connectivity index (χ1) is 11.3. The smallest absolute Gasteiger partial charge is 0.233 e. The van der Waals surface area contributed by atoms with Gasteiger partial charge in [0, 0.05) is 5.56 Å². The number of hydrogen-bond acceptors (Lipinski definition) is 6. The van der Waals surface area contributed by atoms with Crippen molar-refractivity contribution in [1.29, 1.82) is 15.8 Å². The summed E-state index contributed by atoms with van der Waals surface area (Å²) in [5, 5.41) is 28.3. The van der Waals surface area contributed by atoms with Crippen molar-refractivity contribution < 1.29 is 4.74 Å². The van der Waals surface area contributed by atoms with E-state index in [2.05, 4.69) is 17.1 Å². The monoisotopic (exact) mass is 320 g/mol. The van der Waals surface area contributed by atoms with Gasteiger partial charge in [0.25, 0.3) is 0 Å². The standard InChI is InChI=1S/C17H12N4OS/c1-2-22-16-13(10-19)15(12-6-4-3-5-7-12)14(11-20)17(21-16)23-9-8-18/h3-7H,2,9H2,1H3. The minimum Gasteiger partial charge on any atom is -0.477 e. The summed E-state index contributed by atoms with van der Waals surface area (Å²) in [6.45, 7) is 2.15. The van der Waals surface area contributed by atoms with Crippen molar-refractivity contribution in [3.8, 4) is 35.2 Å². The zero-order valence-corrected chi connectivity index (χ0v) is 13.2. The lowest BCUT2D eigenvalue weighted by Crippen LogP contribution is -2.04. The van der Waals surface area contributed by atoms with Crippen LogP contribution in [0.4, 0.5) is 0 Å². The number of hydrogen-bond donors (Lipinski definition) is 0. The Morgan fingerprint density at radius 3 is 2.35 bits per heavy atom. The van der Waals surface area contributed by atoms with E-state index in [0.29, 0.717) is 17.2 Å². The van der Waals surface area contributed by atoms with Gasteiger partial charge in [-0.3, -0.25) is 0 Å². The van der Waals surface area contributed by atoms with Crippen molar-refractivity contribution in [2.75, 3.05) is 12.4 Å². The van der Waals surface area contributed by atoms with Gasteiger partial charge in [-0.2, -0.15) is 15.8 Å². The molecule has 0 fully saturated rings. The quantitative estimate of drug-likeness (QED) is 0.783. The summed E-state index contributed by atoms with van der Waals surface area (Å²) in [6.07, 6.45) is 0. The Balaban J connectivity index is 2.79. The number of thioether (sulfide) groups is 1. The molecule has 5 nitrogen and oxygen atoms in total. The number of benzene rings is 1. The fourth-order valence-corrected chi connectivity index (χ4v) is 2.73. The van der Waals surface area contributed by atoms with E-state index in [1.165, 1.54) is 0 Å². The molecular formula is C17H12N4OS. The average molecular weight is 320 g/mol. The molecule has 1 aromatic heterocycles. The Morgan fingerprint density at radius 2 is 1.78 bits per heavy atom. The first kappa shape index (κ1) is 16.4. The molecule has 1 heterocycles. The van der Waals surface area contributed by atoms with E-state index in [0.717, 1.165) is 17.3 Å². The van der Waals surface area contributed by atoms with E-state index < -0.39 is 0 Å². The van der Waals surface area contributed by atoms with Crippen LogP contribution in [0.2, 0.25) is 0 Å². The van der Waals surface area contributed by atoms with Gasteiger partial charge in [0.2, 0.25) is 5.88 Å². The zero-order valence-electron chi connectivity index (χ0n) is 12.4. The summed E-state index contributed by atoms with van der Waals surface area (Å²) in [5.74, 6) is 0.348. The molecule has 0 spiro atoms. The molecule has 23 heavy (non-hydrogen) atoms. The Labute approximate surface area is 138 Å². The molecule has 6 heteroatoms. The molecule has 2 aromatic rings. The predicted octanol–water partition coefficient (Wildman–Crippen LogP) is 3.51. The summed E-state index contributed by atoms with van der Waals surface area (Å²) < 4.78 is 5.47. The largest absolute Gasteiger partial charge is 0.477 e. The van der Waals surface area contributed by atoms with E-state index in [4.69, 9.17) is 10.00 Å². The van der Waals surface area contributed by atoms with Crippen molar-refractivity contribution in [1.82, 2.24) is 4.98 Å². The molecule has 0 amide bonds. The second-order valence-electron chi connectivity index (χ2n) is 4.32. The Hall–Kier alpha value is -3.01. The molecule has 0 saturated carbocycles. The molecular weight excluding hydrogens is 308 g/mol. The number of nitrogens with zero attached hydrogens (tertiary/aromatic N) is 4. The summed E-state index contributed by atoms with van der Waals surface area (Å²) in [6, 6.07) is 15.4. The lowest BCUT2D eigenvalue weighted by Gasteiger charge is -2.14. The lowest BCUT2D eigenvalue weighted by molar-refractivity contribution is 0.323. The second kappa shape index (κ2) is 7.84. The van der Waals surface area contributed by atoms with Crippen LogP contribution in [-0.2, 0) is 0 Å². The second-order valence-corrected chi connectivity index (χ2v) is 5.28. The minimum absolute atomic E-state index is 0.160. The highest BCUT2D eigenvalue weighted by Crippen LogP contribution is 2.37. The highest BCUT2D eigenvalue weighted by Gasteiger charge is 2.22. The van der Waals surface area contributed by atoms with Crippen LogP contribution in [0.5, 0.6) is 5.88 Å². The van der Waals surface area contributed by atoms with E-state index in [-0.39, 0.29) is 22.8 Å². The van der Waals surface area contributed by atoms with Gasteiger partial charge >= 0.3 is 0 Å². The third-order valence-corrected chi connectivity index (χ3v) is 3.81. The molecule has 0 atom stereocenters. The Morgan fingerprint density at radius 1 is 1.09 bits per heavy atom. The number of ether oxygens (including phenoxy) is 1. The maximum atomic E-state index is 9.56. The first-order valence-corrected chi connectivity index (χ1v) is 7.81. The Bertz CT molecular complexity index is 829. The third-order valence-electron chi connectivity index (χ3n) is 2.97. The third kappa shape index (κ3) is 3.43. The SMILES string of the molecule is CCOc1nc(SCC#N)c(C#N)c(-c2ccccc2)c1C#N. The van der Waals surface area contributed by atoms with Crippen molar-refractivity contribution >= 4 is 11.8 Å². The molecule has 0 unspecified atom stereocenters. The van der Waals surface area contributed by atoms with Crippen LogP contribution in [-0.4, -0.2) is 17.3 Å². The van der Waals surface area contributed by atoms with E-state index in [9.17, 15) is 10.5 Å². The molecule has 0 radical (unpaired) electrons. The van der Waals surface area contributed by atoms with Crippen LogP contribution >= 0.6 is 11.8 Å². The van der Waals surface area contributed by atoms with Crippen molar-refractivity contribution in [2.24, 2.45) is 0 Å². The fourth-order valence-electron chi connectivity index (χ4n) is 2.09. The van der Waals surface area contributed by atoms with Gasteiger partial charge in [0.1, 0.15) is 22.7 Å². The summed E-state index contributed by atoms with van der Waals surface area (Å²) in [4.78, 5) is 4.27. The molecule has 0 aliphatic rings. The predicted molar refractivity (Wildman–Crippen MR) is 86.6 cm³/mol. The number of rotatable bonds is 5. The zero-order chi connectivity index (χ0) is 16.7. The van der Waals surface area contributed by atoms with Crippen LogP contribution < -0.4 is 4.74 Å². The normalized spacial score (nSPS) is 9.48. The highest BCUT2D eigenvalue weighted by atomic mass is 32.2. The van der Waals surface area contributed by atoms with Gasteiger partial charge in [-0.05, 0) is 12.5 Å². The summed E-state index contributed by atoms with van der Waals surface area (Å²) in [5.41, 5.74) is 1.75. The van der Waals surface area contributed by atoms with Crippen LogP contribution in [0, 0.1) is 34.0 Å². The maximum absolute atomic E-state index is 9.56. The van der Waals surface area contributed by atoms with Gasteiger partial charge in [0.15, 0.2) is 0 Å². The molecule has 112 valence electrons. The van der Waals surface area contributed by atoms with Crippen LogP contribution in [0.1, 0.15) is 18.1 Å². The molecule has 0 aliphatic carbocycles. The van der Waals surface area contributed by atoms with Crippen molar-refractivity contribution in [3.05, 3.63) is 41.5 Å². The van der Waals surface area contributed by atoms with Crippen molar-refractivity contribution in [2.45, 2.75) is 11.9 Å². The van der Waals surface area contributed by atoms with Gasteiger partial charge in [0.05, 0.1) is 24.0 Å². The molecule has 0 bridgehead atoms. The molecule has 2 rings (SSSR count). The average Bonchev–Trinajstić information content (AvgIpc) is 2.60. The molecule has 0 aliphatic heterocycles. The number of aromatic nitrogens is 1. The van der Waals surface area contributed by atoms with Gasteiger partial charge in [-0.15, -0.1) is 0 Å². The minimum atomic E-state index is 0.160. The van der Waals surface area contributed by atoms with E-state index >= 15 is 0 Å². The van der Waals surface area contributed by atoms with Crippen LogP contribution in [0.25, 0.3) is 11.1 Å². The lowest BCUT2D eigenvalue weighted by atomic mass is 9.97. The Kier molecular flexibility index (Phi) is 5.58. The number of nitriles is 3. The van der Waals surface area contributed by atoms with Gasteiger partial charge in [-0.1, -0.05) is 42.1 Å². The van der Waals surface area contributed by atoms with Crippen LogP contribution in [0.15, 0.2) is 35.4 Å². The van der Waals surface area contributed by atoms with Crippen molar-refractivity contribution in [3.63, 3.8) is 0 Å².